The van der Waals surface area contributed by atoms with Gasteiger partial charge in [-0.3, -0.25) is 9.79 Å². The molecule has 2 aliphatic rings. The Morgan fingerprint density at radius 2 is 1.87 bits per heavy atom. The quantitative estimate of drug-likeness (QED) is 0.396. The van der Waals surface area contributed by atoms with E-state index in [0.717, 1.165) is 71.5 Å². The zero-order valence-electron chi connectivity index (χ0n) is 24.3. The lowest BCUT2D eigenvalue weighted by molar-refractivity contribution is 0.0958. The summed E-state index contributed by atoms with van der Waals surface area (Å²) in [7, 11) is 0. The highest BCUT2D eigenvalue weighted by molar-refractivity contribution is 6.09. The number of piperidine rings is 1. The zero-order chi connectivity index (χ0) is 27.9. The summed E-state index contributed by atoms with van der Waals surface area (Å²) in [6.07, 6.45) is 6.89. The highest BCUT2D eigenvalue weighted by atomic mass is 16.1. The van der Waals surface area contributed by atoms with Crippen LogP contribution in [-0.2, 0) is 0 Å². The van der Waals surface area contributed by atoms with Crippen LogP contribution in [0.25, 0.3) is 22.0 Å². The Hall–Kier alpha value is -3.45. The number of aromatic nitrogens is 2. The molecule has 5 rings (SSSR count). The lowest BCUT2D eigenvalue weighted by atomic mass is 9.91. The second kappa shape index (κ2) is 10.6. The largest absolute Gasteiger partial charge is 0.356 e. The van der Waals surface area contributed by atoms with Crippen molar-refractivity contribution in [1.29, 1.82) is 0 Å². The molecule has 0 unspecified atom stereocenters. The number of hydrogen-bond acceptors (Lipinski definition) is 5. The molecule has 2 aliphatic heterocycles. The summed E-state index contributed by atoms with van der Waals surface area (Å²) in [4.78, 5) is 25.4. The second-order valence-electron chi connectivity index (χ2n) is 12.1. The van der Waals surface area contributed by atoms with Crippen molar-refractivity contribution in [2.24, 2.45) is 10.7 Å². The number of pyridine rings is 1. The lowest BCUT2D eigenvalue weighted by Crippen LogP contribution is -2.48. The van der Waals surface area contributed by atoms with Crippen molar-refractivity contribution in [3.05, 3.63) is 58.9 Å². The molecule has 0 atom stereocenters. The molecule has 0 bridgehead atoms. The Morgan fingerprint density at radius 3 is 2.51 bits per heavy atom. The number of nitrogens with two attached hydrogens (primary N) is 1. The van der Waals surface area contributed by atoms with E-state index in [1.807, 2.05) is 12.3 Å². The summed E-state index contributed by atoms with van der Waals surface area (Å²) in [6.45, 7) is 15.8. The fourth-order valence-corrected chi connectivity index (χ4v) is 5.77. The van der Waals surface area contributed by atoms with Gasteiger partial charge in [-0.15, -0.1) is 0 Å². The van der Waals surface area contributed by atoms with Crippen molar-refractivity contribution in [3.63, 3.8) is 0 Å². The van der Waals surface area contributed by atoms with Crippen LogP contribution in [0.3, 0.4) is 0 Å². The van der Waals surface area contributed by atoms with Gasteiger partial charge in [-0.05, 0) is 95.3 Å². The molecule has 3 N–H and O–H groups in total. The second-order valence-corrected chi connectivity index (χ2v) is 12.1. The maximum atomic E-state index is 13.7. The Balaban J connectivity index is 1.47. The summed E-state index contributed by atoms with van der Waals surface area (Å²) in [5.74, 6) is 0.921. The van der Waals surface area contributed by atoms with Gasteiger partial charge in [-0.1, -0.05) is 5.57 Å². The fourth-order valence-electron chi connectivity index (χ4n) is 5.77. The van der Waals surface area contributed by atoms with Gasteiger partial charge in [-0.25, -0.2) is 4.98 Å². The van der Waals surface area contributed by atoms with Gasteiger partial charge in [0.15, 0.2) is 0 Å². The van der Waals surface area contributed by atoms with Crippen molar-refractivity contribution >= 4 is 28.3 Å². The van der Waals surface area contributed by atoms with Crippen molar-refractivity contribution in [3.8, 4) is 11.1 Å². The van der Waals surface area contributed by atoms with Gasteiger partial charge in [0.25, 0.3) is 5.91 Å². The average Bonchev–Trinajstić information content (AvgIpc) is 3.24. The van der Waals surface area contributed by atoms with Crippen LogP contribution < -0.4 is 16.0 Å². The summed E-state index contributed by atoms with van der Waals surface area (Å²) in [5, 5.41) is 4.21. The van der Waals surface area contributed by atoms with Gasteiger partial charge in [0.1, 0.15) is 5.82 Å². The number of dihydropyridines is 1. The highest BCUT2D eigenvalue weighted by Crippen LogP contribution is 2.33. The van der Waals surface area contributed by atoms with Crippen LogP contribution >= 0.6 is 0 Å². The number of hydrogen-bond donors (Lipinski definition) is 2. The molecule has 4 heterocycles. The minimum atomic E-state index is -0.0926. The number of allylic oxidation sites excluding steroid dienone is 1. The van der Waals surface area contributed by atoms with E-state index < -0.39 is 0 Å². The molecule has 0 aliphatic carbocycles. The predicted molar refractivity (Wildman–Crippen MR) is 162 cm³/mol. The minimum absolute atomic E-state index is 0.0549. The average molecular weight is 527 g/mol. The summed E-state index contributed by atoms with van der Waals surface area (Å²) in [5.41, 5.74) is 14.8. The van der Waals surface area contributed by atoms with E-state index in [1.165, 1.54) is 11.1 Å². The van der Waals surface area contributed by atoms with E-state index in [4.69, 9.17) is 10.7 Å². The molecule has 1 amide bonds. The zero-order valence-corrected chi connectivity index (χ0v) is 24.3. The monoisotopic (exact) mass is 526 g/mol. The molecule has 3 aromatic rings. The van der Waals surface area contributed by atoms with Crippen LogP contribution in [0.15, 0.2) is 52.8 Å². The Morgan fingerprint density at radius 1 is 1.13 bits per heavy atom. The molecule has 39 heavy (non-hydrogen) atoms. The molecule has 2 aromatic heterocycles. The van der Waals surface area contributed by atoms with Crippen molar-refractivity contribution in [2.45, 2.75) is 72.4 Å². The molecule has 1 aromatic carbocycles. The van der Waals surface area contributed by atoms with Crippen LogP contribution in [0.2, 0.25) is 0 Å². The number of carbonyl (C=O) groups excluding carboxylic acids is 1. The number of rotatable bonds is 6. The maximum absolute atomic E-state index is 13.7. The first-order valence-corrected chi connectivity index (χ1v) is 14.1. The highest BCUT2D eigenvalue weighted by Gasteiger charge is 2.26. The van der Waals surface area contributed by atoms with Gasteiger partial charge in [0.05, 0.1) is 6.54 Å². The standard InChI is InChI=1S/C32H42N6O/c1-20(2)38-19-22(4)30-27(31(39)36-18-26-17-34-23(5)13-21(26)3)14-25(15-28(30)38)24-7-8-29(35-16-24)37-11-9-32(6,33)10-12-37/h7-8,14-16,19-20H,9-13,17-18,33H2,1-6H3,(H,36,39). The Bertz CT molecular complexity index is 1450. The third kappa shape index (κ3) is 5.64. The molecule has 0 radical (unpaired) electrons. The van der Waals surface area contributed by atoms with Crippen molar-refractivity contribution in [2.75, 3.05) is 31.1 Å². The molecule has 0 spiro atoms. The normalized spacial score (nSPS) is 17.6. The molecule has 1 fully saturated rings. The molecule has 7 nitrogen and oxygen atoms in total. The van der Waals surface area contributed by atoms with Crippen LogP contribution in [0.4, 0.5) is 5.82 Å². The van der Waals surface area contributed by atoms with Gasteiger partial charge in [0.2, 0.25) is 0 Å². The van der Waals surface area contributed by atoms with E-state index in [0.29, 0.717) is 18.7 Å². The van der Waals surface area contributed by atoms with E-state index >= 15 is 0 Å². The minimum Gasteiger partial charge on any atom is -0.356 e. The third-order valence-electron chi connectivity index (χ3n) is 8.36. The van der Waals surface area contributed by atoms with Gasteiger partial charge in [-0.2, -0.15) is 0 Å². The lowest BCUT2D eigenvalue weighted by Gasteiger charge is -2.37. The van der Waals surface area contributed by atoms with Crippen molar-refractivity contribution in [1.82, 2.24) is 14.9 Å². The topological polar surface area (TPSA) is 88.5 Å². The first kappa shape index (κ1) is 27.1. The number of aryl methyl sites for hydroxylation is 1. The Labute approximate surface area is 232 Å². The van der Waals surface area contributed by atoms with Gasteiger partial charge in [0, 0.05) is 77.8 Å². The summed E-state index contributed by atoms with van der Waals surface area (Å²) >= 11 is 0. The molecular formula is C32H42N6O. The number of carbonyl (C=O) groups is 1. The van der Waals surface area contributed by atoms with E-state index in [9.17, 15) is 4.79 Å². The Kier molecular flexibility index (Phi) is 7.38. The van der Waals surface area contributed by atoms with E-state index in [1.54, 1.807) is 0 Å². The van der Waals surface area contributed by atoms with Crippen LogP contribution in [0, 0.1) is 6.92 Å². The number of nitrogens with zero attached hydrogens (tertiary/aromatic N) is 4. The number of benzene rings is 1. The molecular weight excluding hydrogens is 484 g/mol. The maximum Gasteiger partial charge on any atom is 0.252 e. The number of fused-ring (bicyclic) bond motifs is 1. The predicted octanol–water partition coefficient (Wildman–Crippen LogP) is 5.82. The number of nitrogens with one attached hydrogen (secondary N) is 1. The van der Waals surface area contributed by atoms with Crippen LogP contribution in [-0.4, -0.2) is 52.9 Å². The first-order valence-electron chi connectivity index (χ1n) is 14.1. The number of amides is 1. The van der Waals surface area contributed by atoms with Crippen LogP contribution in [0.5, 0.6) is 0 Å². The number of anilines is 1. The van der Waals surface area contributed by atoms with E-state index in [2.05, 4.69) is 85.7 Å². The third-order valence-corrected chi connectivity index (χ3v) is 8.36. The summed E-state index contributed by atoms with van der Waals surface area (Å²) < 4.78 is 2.26. The fraction of sp³-hybridized carbons (Fsp3) is 0.469. The van der Waals surface area contributed by atoms with E-state index in [-0.39, 0.29) is 17.5 Å². The van der Waals surface area contributed by atoms with Crippen molar-refractivity contribution < 1.29 is 4.79 Å². The van der Waals surface area contributed by atoms with Gasteiger partial charge < -0.3 is 20.5 Å². The SMILES string of the molecule is CC1=NCC(CNC(=O)c2cc(-c3ccc(N4CCC(C)(N)CC4)nc3)cc3c2c(C)cn3C(C)C)=C(C)C1. The molecule has 206 valence electrons. The van der Waals surface area contributed by atoms with Crippen LogP contribution in [0.1, 0.15) is 75.8 Å². The summed E-state index contributed by atoms with van der Waals surface area (Å²) in [6, 6.07) is 8.70. The smallest absolute Gasteiger partial charge is 0.252 e. The molecule has 7 heteroatoms. The molecule has 1 saturated heterocycles. The first-order chi connectivity index (χ1) is 18.5. The van der Waals surface area contributed by atoms with Gasteiger partial charge >= 0.3 is 0 Å². The molecule has 0 saturated carbocycles. The number of aliphatic imine (C=N–C) groups is 1.